The lowest BCUT2D eigenvalue weighted by molar-refractivity contribution is 0.00315. The number of terminal acetylenes is 1. The van der Waals surface area contributed by atoms with E-state index in [-0.39, 0.29) is 6.61 Å². The molecule has 0 radical (unpaired) electrons. The molecule has 0 aliphatic carbocycles. The lowest BCUT2D eigenvalue weighted by atomic mass is 10.3. The molecule has 4 nitrogen and oxygen atoms in total. The average molecular weight is 200 g/mol. The maximum absolute atomic E-state index is 9.18. The van der Waals surface area contributed by atoms with Crippen LogP contribution in [0.15, 0.2) is 0 Å². The molecule has 1 heterocycles. The topological polar surface area (TPSA) is 51.2 Å². The molecule has 0 unspecified atom stereocenters. The molecule has 1 fully saturated rings. The van der Waals surface area contributed by atoms with Gasteiger partial charge in [-0.1, -0.05) is 0 Å². The third-order valence-electron chi connectivity index (χ3n) is 1.74. The highest BCUT2D eigenvalue weighted by molar-refractivity contribution is 4.86. The van der Waals surface area contributed by atoms with E-state index in [1.165, 1.54) is 0 Å². The summed E-state index contributed by atoms with van der Waals surface area (Å²) < 4.78 is 15.3. The molecule has 0 saturated carbocycles. The van der Waals surface area contributed by atoms with Crippen LogP contribution in [0.2, 0.25) is 0 Å². The van der Waals surface area contributed by atoms with Gasteiger partial charge in [0.15, 0.2) is 0 Å². The van der Waals surface area contributed by atoms with Crippen LogP contribution in [0.5, 0.6) is 0 Å². The van der Waals surface area contributed by atoms with Crippen molar-refractivity contribution < 1.29 is 19.3 Å². The van der Waals surface area contributed by atoms with Gasteiger partial charge in [-0.3, -0.25) is 0 Å². The molecule has 1 aliphatic rings. The van der Waals surface area contributed by atoms with Gasteiger partial charge >= 0.3 is 0 Å². The van der Waals surface area contributed by atoms with Gasteiger partial charge in [0.05, 0.1) is 39.1 Å². The molecular weight excluding hydrogens is 184 g/mol. The zero-order valence-corrected chi connectivity index (χ0v) is 8.15. The van der Waals surface area contributed by atoms with Crippen molar-refractivity contribution in [2.75, 3.05) is 33.0 Å². The molecule has 0 bridgehead atoms. The summed E-state index contributed by atoms with van der Waals surface area (Å²) in [5.41, 5.74) is 0. The molecule has 1 saturated heterocycles. The molecule has 0 aromatic rings. The van der Waals surface area contributed by atoms with Gasteiger partial charge in [0.2, 0.25) is 0 Å². The Bertz CT molecular complexity index is 183. The second kappa shape index (κ2) is 6.80. The van der Waals surface area contributed by atoms with E-state index in [4.69, 9.17) is 20.6 Å². The number of hydrogen-bond acceptors (Lipinski definition) is 4. The first-order valence-corrected chi connectivity index (χ1v) is 4.71. The molecule has 1 rings (SSSR count). The number of ether oxygens (including phenoxy) is 3. The quantitative estimate of drug-likeness (QED) is 0.335. The maximum atomic E-state index is 9.18. The molecule has 4 heteroatoms. The largest absolute Gasteiger partial charge is 0.390 e. The Morgan fingerprint density at radius 3 is 2.86 bits per heavy atom. The number of hydrogen-bond donors (Lipinski definition) is 1. The highest BCUT2D eigenvalue weighted by atomic mass is 16.6. The van der Waals surface area contributed by atoms with Crippen molar-refractivity contribution in [1.29, 1.82) is 0 Å². The Kier molecular flexibility index (Phi) is 5.57. The molecule has 80 valence electrons. The Hall–Kier alpha value is -0.600. The van der Waals surface area contributed by atoms with Gasteiger partial charge in [0.1, 0.15) is 6.10 Å². The minimum absolute atomic E-state index is 0.271. The molecule has 0 spiro atoms. The smallest absolute Gasteiger partial charge is 0.104 e. The maximum Gasteiger partial charge on any atom is 0.104 e. The standard InChI is InChI=1S/C10H16O4/c1-2-3-9(11)6-12-4-5-13-7-10-8-14-10/h1,9-11H,3-8H2/t9-,10-/m1/s1. The van der Waals surface area contributed by atoms with Crippen molar-refractivity contribution in [3.05, 3.63) is 0 Å². The van der Waals surface area contributed by atoms with E-state index in [2.05, 4.69) is 5.92 Å². The van der Waals surface area contributed by atoms with Crippen molar-refractivity contribution in [1.82, 2.24) is 0 Å². The summed E-state index contributed by atoms with van der Waals surface area (Å²) in [6.45, 7) is 2.72. The third-order valence-corrected chi connectivity index (χ3v) is 1.74. The average Bonchev–Trinajstić information content (AvgIpc) is 2.95. The van der Waals surface area contributed by atoms with Gasteiger partial charge in [-0.2, -0.15) is 0 Å². The summed E-state index contributed by atoms with van der Waals surface area (Å²) in [7, 11) is 0. The summed E-state index contributed by atoms with van der Waals surface area (Å²) in [5, 5.41) is 9.18. The summed E-state index contributed by atoms with van der Waals surface area (Å²) in [6.07, 6.45) is 5.08. The normalized spacial score (nSPS) is 21.6. The van der Waals surface area contributed by atoms with Gasteiger partial charge < -0.3 is 19.3 Å². The van der Waals surface area contributed by atoms with Crippen LogP contribution in [-0.2, 0) is 14.2 Å². The summed E-state index contributed by atoms with van der Waals surface area (Å²) in [6, 6.07) is 0. The van der Waals surface area contributed by atoms with Crippen molar-refractivity contribution in [3.63, 3.8) is 0 Å². The SMILES string of the molecule is C#CC[C@@H](O)COCCOC[C@@H]1CO1. The molecule has 1 N–H and O–H groups in total. The first-order chi connectivity index (χ1) is 6.83. The fourth-order valence-corrected chi connectivity index (χ4v) is 0.911. The molecule has 0 amide bonds. The van der Waals surface area contributed by atoms with Crippen molar-refractivity contribution in [3.8, 4) is 12.3 Å². The summed E-state index contributed by atoms with van der Waals surface area (Å²) >= 11 is 0. The van der Waals surface area contributed by atoms with Crippen LogP contribution in [-0.4, -0.2) is 50.3 Å². The fourth-order valence-electron chi connectivity index (χ4n) is 0.911. The Balaban J connectivity index is 1.76. The summed E-state index contributed by atoms with van der Waals surface area (Å²) in [4.78, 5) is 0. The molecule has 0 aromatic heterocycles. The highest BCUT2D eigenvalue weighted by Crippen LogP contribution is 2.07. The van der Waals surface area contributed by atoms with Crippen LogP contribution >= 0.6 is 0 Å². The number of aliphatic hydroxyl groups is 1. The van der Waals surface area contributed by atoms with E-state index >= 15 is 0 Å². The van der Waals surface area contributed by atoms with E-state index in [0.29, 0.717) is 32.3 Å². The number of epoxide rings is 1. The van der Waals surface area contributed by atoms with Crippen LogP contribution in [0, 0.1) is 12.3 Å². The van der Waals surface area contributed by atoms with Gasteiger partial charge in [-0.05, 0) is 0 Å². The zero-order valence-electron chi connectivity index (χ0n) is 8.15. The van der Waals surface area contributed by atoms with Gasteiger partial charge in [0.25, 0.3) is 0 Å². The lowest BCUT2D eigenvalue weighted by Crippen LogP contribution is -2.17. The molecule has 14 heavy (non-hydrogen) atoms. The van der Waals surface area contributed by atoms with E-state index in [9.17, 15) is 5.11 Å². The highest BCUT2D eigenvalue weighted by Gasteiger charge is 2.21. The number of rotatable bonds is 8. The second-order valence-corrected chi connectivity index (χ2v) is 3.17. The van der Waals surface area contributed by atoms with Crippen LogP contribution < -0.4 is 0 Å². The van der Waals surface area contributed by atoms with E-state index in [1.807, 2.05) is 0 Å². The first-order valence-electron chi connectivity index (χ1n) is 4.71. The van der Waals surface area contributed by atoms with Crippen LogP contribution in [0.1, 0.15) is 6.42 Å². The Morgan fingerprint density at radius 2 is 2.21 bits per heavy atom. The minimum Gasteiger partial charge on any atom is -0.390 e. The zero-order chi connectivity index (χ0) is 10.2. The molecule has 1 aliphatic heterocycles. The predicted molar refractivity (Wildman–Crippen MR) is 50.8 cm³/mol. The van der Waals surface area contributed by atoms with E-state index in [1.54, 1.807) is 0 Å². The minimum atomic E-state index is -0.563. The second-order valence-electron chi connectivity index (χ2n) is 3.17. The monoisotopic (exact) mass is 200 g/mol. The molecule has 0 aromatic carbocycles. The van der Waals surface area contributed by atoms with Crippen molar-refractivity contribution >= 4 is 0 Å². The van der Waals surface area contributed by atoms with Gasteiger partial charge in [0, 0.05) is 6.42 Å². The van der Waals surface area contributed by atoms with E-state index in [0.717, 1.165) is 6.61 Å². The van der Waals surface area contributed by atoms with Crippen LogP contribution in [0.25, 0.3) is 0 Å². The van der Waals surface area contributed by atoms with Crippen molar-refractivity contribution in [2.45, 2.75) is 18.6 Å². The molecule has 2 atom stereocenters. The van der Waals surface area contributed by atoms with Crippen molar-refractivity contribution in [2.24, 2.45) is 0 Å². The number of aliphatic hydroxyl groups excluding tert-OH is 1. The Labute approximate surface area is 84.2 Å². The van der Waals surface area contributed by atoms with Crippen LogP contribution in [0.3, 0.4) is 0 Å². The third kappa shape index (κ3) is 5.95. The van der Waals surface area contributed by atoms with Gasteiger partial charge in [-0.25, -0.2) is 0 Å². The lowest BCUT2D eigenvalue weighted by Gasteiger charge is -2.08. The molecular formula is C10H16O4. The van der Waals surface area contributed by atoms with E-state index < -0.39 is 6.10 Å². The predicted octanol–water partition coefficient (Wildman–Crippen LogP) is -0.197. The first kappa shape index (κ1) is 11.5. The van der Waals surface area contributed by atoms with Crippen LogP contribution in [0.4, 0.5) is 0 Å². The van der Waals surface area contributed by atoms with Gasteiger partial charge in [-0.15, -0.1) is 12.3 Å². The Morgan fingerprint density at radius 1 is 1.50 bits per heavy atom. The fraction of sp³-hybridized carbons (Fsp3) is 0.800. The summed E-state index contributed by atoms with van der Waals surface area (Å²) in [5.74, 6) is 2.36.